The Morgan fingerprint density at radius 3 is 2.78 bits per heavy atom. The summed E-state index contributed by atoms with van der Waals surface area (Å²) in [5.74, 6) is -1.55. The smallest absolute Gasteiger partial charge is 0.341 e. The third kappa shape index (κ3) is 3.57. The Morgan fingerprint density at radius 2 is 2.13 bits per heavy atom. The molecule has 0 aliphatic carbocycles. The Morgan fingerprint density at radius 1 is 1.35 bits per heavy atom. The van der Waals surface area contributed by atoms with Crippen molar-refractivity contribution in [2.75, 3.05) is 6.61 Å². The van der Waals surface area contributed by atoms with Crippen LogP contribution < -0.4 is 0 Å². The number of aromatic nitrogens is 1. The van der Waals surface area contributed by atoms with Crippen LogP contribution in [0.4, 0.5) is 4.39 Å². The van der Waals surface area contributed by atoms with Gasteiger partial charge in [0.2, 0.25) is 0 Å². The van der Waals surface area contributed by atoms with Crippen LogP contribution in [0, 0.1) is 5.82 Å². The number of nitrogens with zero attached hydrogens (tertiary/aromatic N) is 1. The third-order valence-corrected chi connectivity index (χ3v) is 3.67. The Balaban J connectivity index is 1.93. The van der Waals surface area contributed by atoms with E-state index in [4.69, 9.17) is 14.0 Å². The van der Waals surface area contributed by atoms with Gasteiger partial charge in [0, 0.05) is 6.61 Å². The van der Waals surface area contributed by atoms with E-state index in [1.807, 2.05) is 0 Å². The van der Waals surface area contributed by atoms with Gasteiger partial charge in [-0.25, -0.2) is 9.18 Å². The van der Waals surface area contributed by atoms with Crippen molar-refractivity contribution in [3.8, 4) is 0 Å². The van der Waals surface area contributed by atoms with Crippen molar-refractivity contribution in [1.82, 2.24) is 5.16 Å². The molecule has 6 nitrogen and oxygen atoms in total. The fourth-order valence-electron chi connectivity index (χ4n) is 2.50. The van der Waals surface area contributed by atoms with E-state index in [1.54, 1.807) is 0 Å². The molecule has 0 radical (unpaired) electrons. The van der Waals surface area contributed by atoms with Gasteiger partial charge in [-0.05, 0) is 37.0 Å². The molecular formula is C16H16FNO5. The fourth-order valence-corrected chi connectivity index (χ4v) is 2.50. The monoisotopic (exact) mass is 321 g/mol. The molecule has 1 N–H and O–H groups in total. The summed E-state index contributed by atoms with van der Waals surface area (Å²) in [7, 11) is 0. The summed E-state index contributed by atoms with van der Waals surface area (Å²) in [6.45, 7) is 0.589. The molecule has 0 saturated carbocycles. The average Bonchev–Trinajstić information content (AvgIpc) is 3.04. The number of hydrogen-bond acceptors (Lipinski definition) is 5. The number of hydrogen-bond donors (Lipinski definition) is 1. The molecule has 3 rings (SSSR count). The Labute approximate surface area is 131 Å². The second-order valence-electron chi connectivity index (χ2n) is 5.28. The second kappa shape index (κ2) is 6.89. The Kier molecular flexibility index (Phi) is 4.68. The lowest BCUT2D eigenvalue weighted by Gasteiger charge is -2.27. The number of carbonyl (C=O) groups is 1. The van der Waals surface area contributed by atoms with Crippen LogP contribution in [-0.4, -0.2) is 29.1 Å². The molecule has 2 heterocycles. The minimum absolute atomic E-state index is 0.0878. The molecule has 0 spiro atoms. The number of carboxylic acid groups (broad SMARTS) is 1. The molecule has 1 aliphatic rings. The van der Waals surface area contributed by atoms with Crippen molar-refractivity contribution in [3.63, 3.8) is 0 Å². The van der Waals surface area contributed by atoms with E-state index in [0.29, 0.717) is 18.6 Å². The van der Waals surface area contributed by atoms with Gasteiger partial charge in [-0.1, -0.05) is 17.3 Å². The highest BCUT2D eigenvalue weighted by Gasteiger charge is 2.29. The maximum Gasteiger partial charge on any atom is 0.341 e. The van der Waals surface area contributed by atoms with Gasteiger partial charge in [0.15, 0.2) is 6.29 Å². The van der Waals surface area contributed by atoms with Crippen molar-refractivity contribution in [2.24, 2.45) is 0 Å². The summed E-state index contributed by atoms with van der Waals surface area (Å²) in [6.07, 6.45) is 2.43. The Hall–Kier alpha value is -2.25. The SMILES string of the molecule is O=C(O)c1conc1[C@@H](O[C@@H]1CCCCO1)c1ccc(F)cc1. The molecule has 0 bridgehead atoms. The average molecular weight is 321 g/mol. The standard InChI is InChI=1S/C16H16FNO5/c17-11-6-4-10(5-7-11)15(23-13-3-1-2-8-21-13)14-12(16(19)20)9-22-18-14/h4-7,9,13,15H,1-3,8H2,(H,19,20)/t13-,15+/m1/s1. The van der Waals surface area contributed by atoms with Crippen molar-refractivity contribution >= 4 is 5.97 Å². The maximum atomic E-state index is 13.2. The normalized spacial score (nSPS) is 19.4. The first kappa shape index (κ1) is 15.6. The van der Waals surface area contributed by atoms with Gasteiger partial charge < -0.3 is 19.1 Å². The van der Waals surface area contributed by atoms with E-state index in [9.17, 15) is 14.3 Å². The molecule has 1 aromatic carbocycles. The molecule has 1 fully saturated rings. The minimum atomic E-state index is -1.17. The van der Waals surface area contributed by atoms with Crippen LogP contribution in [0.5, 0.6) is 0 Å². The van der Waals surface area contributed by atoms with Crippen molar-refractivity contribution in [1.29, 1.82) is 0 Å². The van der Waals surface area contributed by atoms with Crippen LogP contribution in [-0.2, 0) is 9.47 Å². The third-order valence-electron chi connectivity index (χ3n) is 3.67. The zero-order valence-corrected chi connectivity index (χ0v) is 12.3. The molecule has 1 aliphatic heterocycles. The van der Waals surface area contributed by atoms with Gasteiger partial charge >= 0.3 is 5.97 Å². The maximum absolute atomic E-state index is 13.2. The topological polar surface area (TPSA) is 81.8 Å². The molecule has 0 unspecified atom stereocenters. The van der Waals surface area contributed by atoms with Gasteiger partial charge in [-0.3, -0.25) is 0 Å². The number of carboxylic acids is 1. The quantitative estimate of drug-likeness (QED) is 0.911. The number of halogens is 1. The highest BCUT2D eigenvalue weighted by molar-refractivity contribution is 5.88. The molecule has 1 aromatic heterocycles. The lowest BCUT2D eigenvalue weighted by Crippen LogP contribution is -2.25. The summed E-state index contributed by atoms with van der Waals surface area (Å²) in [4.78, 5) is 11.3. The van der Waals surface area contributed by atoms with Crippen LogP contribution >= 0.6 is 0 Å². The molecule has 2 atom stereocenters. The van der Waals surface area contributed by atoms with Gasteiger partial charge in [0.05, 0.1) is 0 Å². The van der Waals surface area contributed by atoms with E-state index in [0.717, 1.165) is 19.1 Å². The summed E-state index contributed by atoms with van der Waals surface area (Å²) in [6, 6.07) is 5.63. The van der Waals surface area contributed by atoms with Crippen LogP contribution in [0.3, 0.4) is 0 Å². The van der Waals surface area contributed by atoms with Crippen molar-refractivity contribution in [2.45, 2.75) is 31.7 Å². The van der Waals surface area contributed by atoms with Gasteiger partial charge in [0.1, 0.15) is 29.4 Å². The highest BCUT2D eigenvalue weighted by atomic mass is 19.1. The first-order chi connectivity index (χ1) is 11.1. The first-order valence-corrected chi connectivity index (χ1v) is 7.35. The lowest BCUT2D eigenvalue weighted by atomic mass is 10.0. The number of benzene rings is 1. The lowest BCUT2D eigenvalue weighted by molar-refractivity contribution is -0.182. The molecule has 2 aromatic rings. The predicted octanol–water partition coefficient (Wildman–Crippen LogP) is 3.14. The Bertz CT molecular complexity index is 663. The van der Waals surface area contributed by atoms with E-state index in [-0.39, 0.29) is 17.1 Å². The van der Waals surface area contributed by atoms with E-state index < -0.39 is 18.4 Å². The van der Waals surface area contributed by atoms with Crippen LogP contribution in [0.25, 0.3) is 0 Å². The highest BCUT2D eigenvalue weighted by Crippen LogP contribution is 2.31. The summed E-state index contributed by atoms with van der Waals surface area (Å²) >= 11 is 0. The van der Waals surface area contributed by atoms with Gasteiger partial charge in [0.25, 0.3) is 0 Å². The number of aromatic carboxylic acids is 1. The van der Waals surface area contributed by atoms with E-state index in [2.05, 4.69) is 5.16 Å². The molecule has 1 saturated heterocycles. The van der Waals surface area contributed by atoms with Crippen molar-refractivity contribution < 1.29 is 28.3 Å². The zero-order valence-electron chi connectivity index (χ0n) is 12.3. The first-order valence-electron chi connectivity index (χ1n) is 7.35. The van der Waals surface area contributed by atoms with Crippen LogP contribution in [0.1, 0.15) is 47.0 Å². The van der Waals surface area contributed by atoms with Crippen LogP contribution in [0.2, 0.25) is 0 Å². The molecule has 122 valence electrons. The summed E-state index contributed by atoms with van der Waals surface area (Å²) in [5.41, 5.74) is 0.630. The number of rotatable bonds is 5. The minimum Gasteiger partial charge on any atom is -0.478 e. The molecule has 0 amide bonds. The van der Waals surface area contributed by atoms with E-state index in [1.165, 1.54) is 24.3 Å². The fraction of sp³-hybridized carbons (Fsp3) is 0.375. The predicted molar refractivity (Wildman–Crippen MR) is 76.4 cm³/mol. The largest absolute Gasteiger partial charge is 0.478 e. The van der Waals surface area contributed by atoms with Crippen LogP contribution in [0.15, 0.2) is 35.1 Å². The van der Waals surface area contributed by atoms with E-state index >= 15 is 0 Å². The molecule has 23 heavy (non-hydrogen) atoms. The van der Waals surface area contributed by atoms with Gasteiger partial charge in [-0.2, -0.15) is 0 Å². The summed E-state index contributed by atoms with van der Waals surface area (Å²) in [5, 5.41) is 13.0. The number of ether oxygens (including phenoxy) is 2. The van der Waals surface area contributed by atoms with Gasteiger partial charge in [-0.15, -0.1) is 0 Å². The zero-order chi connectivity index (χ0) is 16.2. The van der Waals surface area contributed by atoms with Crippen molar-refractivity contribution in [3.05, 3.63) is 53.2 Å². The molecule has 7 heteroatoms. The second-order valence-corrected chi connectivity index (χ2v) is 5.28. The summed E-state index contributed by atoms with van der Waals surface area (Å²) < 4.78 is 29.4. The molecular weight excluding hydrogens is 305 g/mol.